The van der Waals surface area contributed by atoms with Crippen LogP contribution >= 0.6 is 23.2 Å². The number of carbonyl (C=O) groups excluding carboxylic acids is 1. The van der Waals surface area contributed by atoms with E-state index in [9.17, 15) is 10.0 Å². The Balaban J connectivity index is 1.52. The molecule has 3 heterocycles. The zero-order valence-corrected chi connectivity index (χ0v) is 20.6. The summed E-state index contributed by atoms with van der Waals surface area (Å²) in [5.74, 6) is 0.759. The summed E-state index contributed by atoms with van der Waals surface area (Å²) in [4.78, 5) is 23.2. The van der Waals surface area contributed by atoms with Crippen LogP contribution in [0.1, 0.15) is 12.8 Å². The summed E-state index contributed by atoms with van der Waals surface area (Å²) in [5.41, 5.74) is 13.4. The molecule has 190 valence electrons. The fourth-order valence-electron chi connectivity index (χ4n) is 3.90. The molecule has 1 aliphatic rings. The number of nitrogen functional groups attached to an aromatic ring is 1. The van der Waals surface area contributed by atoms with Gasteiger partial charge >= 0.3 is 0 Å². The summed E-state index contributed by atoms with van der Waals surface area (Å²) in [6, 6.07) is 11.1. The molecule has 0 aliphatic carbocycles. The Bertz CT molecular complexity index is 1260. The zero-order chi connectivity index (χ0) is 25.8. The van der Waals surface area contributed by atoms with Gasteiger partial charge in [-0.25, -0.2) is 9.97 Å². The monoisotopic (exact) mass is 531 g/mol. The first-order valence-electron chi connectivity index (χ1n) is 11.2. The number of anilines is 5. The van der Waals surface area contributed by atoms with E-state index in [-0.39, 0.29) is 22.6 Å². The van der Waals surface area contributed by atoms with Crippen molar-refractivity contribution < 1.29 is 10.0 Å². The average molecular weight is 532 g/mol. The summed E-state index contributed by atoms with van der Waals surface area (Å²) in [6.45, 7) is 1.45. The number of rotatable bonds is 8. The molecular weight excluding hydrogens is 507 g/mol. The standard InChI is InChI=1S/C23H25Cl2N8O3/c24-13-3-4-14(15(25)12-13)21-17(32-11-1-2-16(26)23(32)34)5-7-19(30-21)28-9-10-29-20-8-6-18(33(35)36)22(27)31-20/h3-8,12,16,35H,1-2,9-11,26H2,(H,28,30)(H3,27,29,31)/q-1. The first-order chi connectivity index (χ1) is 17.2. The molecule has 0 radical (unpaired) electrons. The van der Waals surface area contributed by atoms with Gasteiger partial charge in [-0.1, -0.05) is 23.2 Å². The fourth-order valence-corrected chi connectivity index (χ4v) is 4.40. The molecule has 36 heavy (non-hydrogen) atoms. The molecule has 1 unspecified atom stereocenters. The largest absolute Gasteiger partial charge is 0.733 e. The number of pyridine rings is 2. The highest BCUT2D eigenvalue weighted by Crippen LogP contribution is 2.37. The van der Waals surface area contributed by atoms with Crippen LogP contribution in [0.3, 0.4) is 0 Å². The summed E-state index contributed by atoms with van der Waals surface area (Å²) in [5, 5.41) is 26.8. The average Bonchev–Trinajstić information content (AvgIpc) is 2.83. The second kappa shape index (κ2) is 11.1. The highest BCUT2D eigenvalue weighted by atomic mass is 35.5. The Morgan fingerprint density at radius 1 is 1.11 bits per heavy atom. The molecule has 11 nitrogen and oxygen atoms in total. The predicted molar refractivity (Wildman–Crippen MR) is 143 cm³/mol. The normalized spacial score (nSPS) is 15.6. The van der Waals surface area contributed by atoms with Gasteiger partial charge < -0.3 is 37.4 Å². The zero-order valence-electron chi connectivity index (χ0n) is 19.1. The number of carbonyl (C=O) groups is 1. The topological polar surface area (TPSA) is 169 Å². The molecule has 4 rings (SSSR count). The molecule has 2 aromatic heterocycles. The summed E-state index contributed by atoms with van der Waals surface area (Å²) >= 11 is 12.6. The van der Waals surface area contributed by atoms with Gasteiger partial charge in [-0.3, -0.25) is 10.0 Å². The van der Waals surface area contributed by atoms with Gasteiger partial charge in [0.25, 0.3) is 0 Å². The lowest BCUT2D eigenvalue weighted by atomic mass is 10.0. The van der Waals surface area contributed by atoms with Crippen molar-refractivity contribution >= 4 is 57.9 Å². The SMILES string of the molecule is Nc1nc(NCCNc2ccc(N3CCCC(N)C3=O)c(-c3ccc(Cl)cc3Cl)n2)ccc1N([O-])O. The predicted octanol–water partition coefficient (Wildman–Crippen LogP) is 3.70. The van der Waals surface area contributed by atoms with Gasteiger partial charge in [-0.15, -0.1) is 0 Å². The van der Waals surface area contributed by atoms with Gasteiger partial charge in [0.2, 0.25) is 5.91 Å². The van der Waals surface area contributed by atoms with E-state index in [0.717, 1.165) is 6.42 Å². The quantitative estimate of drug-likeness (QED) is 0.213. The van der Waals surface area contributed by atoms with Crippen molar-refractivity contribution in [2.24, 2.45) is 5.73 Å². The number of benzene rings is 1. The lowest BCUT2D eigenvalue weighted by Gasteiger charge is -2.32. The van der Waals surface area contributed by atoms with Crippen molar-refractivity contribution in [3.63, 3.8) is 0 Å². The molecule has 1 fully saturated rings. The number of hydrogen-bond donors (Lipinski definition) is 5. The maximum Gasteiger partial charge on any atom is 0.243 e. The smallest absolute Gasteiger partial charge is 0.243 e. The van der Waals surface area contributed by atoms with Gasteiger partial charge in [0, 0.05) is 30.2 Å². The molecule has 1 aromatic carbocycles. The molecule has 3 aromatic rings. The van der Waals surface area contributed by atoms with E-state index in [0.29, 0.717) is 64.7 Å². The Morgan fingerprint density at radius 3 is 2.47 bits per heavy atom. The van der Waals surface area contributed by atoms with E-state index in [1.807, 2.05) is 6.07 Å². The first kappa shape index (κ1) is 25.7. The van der Waals surface area contributed by atoms with E-state index >= 15 is 0 Å². The molecule has 1 atom stereocenters. The van der Waals surface area contributed by atoms with Crippen LogP contribution in [-0.4, -0.2) is 46.8 Å². The van der Waals surface area contributed by atoms with E-state index in [2.05, 4.69) is 15.6 Å². The molecule has 1 amide bonds. The van der Waals surface area contributed by atoms with Crippen molar-refractivity contribution in [3.8, 4) is 11.3 Å². The Labute approximate surface area is 217 Å². The van der Waals surface area contributed by atoms with Crippen LogP contribution in [0, 0.1) is 5.21 Å². The number of nitrogens with zero attached hydrogens (tertiary/aromatic N) is 4. The molecule has 1 saturated heterocycles. The minimum atomic E-state index is -0.554. The molecule has 0 saturated carbocycles. The summed E-state index contributed by atoms with van der Waals surface area (Å²) in [7, 11) is 0. The number of nitrogens with two attached hydrogens (primary N) is 2. The van der Waals surface area contributed by atoms with E-state index in [1.165, 1.54) is 12.1 Å². The number of amides is 1. The second-order valence-electron chi connectivity index (χ2n) is 8.15. The van der Waals surface area contributed by atoms with Crippen LogP contribution in [0.4, 0.5) is 28.8 Å². The third-order valence-electron chi connectivity index (χ3n) is 5.68. The van der Waals surface area contributed by atoms with Crippen molar-refractivity contribution in [1.82, 2.24) is 9.97 Å². The molecule has 7 N–H and O–H groups in total. The Morgan fingerprint density at radius 2 is 1.81 bits per heavy atom. The van der Waals surface area contributed by atoms with Gasteiger partial charge in [0.15, 0.2) is 5.82 Å². The van der Waals surface area contributed by atoms with Crippen LogP contribution in [0.15, 0.2) is 42.5 Å². The molecule has 0 spiro atoms. The van der Waals surface area contributed by atoms with E-state index in [1.54, 1.807) is 29.2 Å². The highest BCUT2D eigenvalue weighted by Gasteiger charge is 2.29. The lowest BCUT2D eigenvalue weighted by Crippen LogP contribution is -2.48. The molecule has 1 aliphatic heterocycles. The highest BCUT2D eigenvalue weighted by molar-refractivity contribution is 6.36. The van der Waals surface area contributed by atoms with Crippen molar-refractivity contribution in [2.75, 3.05) is 46.1 Å². The maximum absolute atomic E-state index is 12.8. The number of piperidine rings is 1. The number of aromatic nitrogens is 2. The van der Waals surface area contributed by atoms with Crippen LogP contribution in [-0.2, 0) is 4.79 Å². The first-order valence-corrected chi connectivity index (χ1v) is 11.9. The fraction of sp³-hybridized carbons (Fsp3) is 0.261. The van der Waals surface area contributed by atoms with Crippen molar-refractivity contribution in [3.05, 3.63) is 57.7 Å². The molecule has 13 heteroatoms. The minimum absolute atomic E-state index is 0.0980. The summed E-state index contributed by atoms with van der Waals surface area (Å²) < 4.78 is 0. The second-order valence-corrected chi connectivity index (χ2v) is 9.00. The number of nitrogens with one attached hydrogen (secondary N) is 2. The number of hydrogen-bond acceptors (Lipinski definition) is 10. The maximum atomic E-state index is 12.8. The van der Waals surface area contributed by atoms with Crippen LogP contribution in [0.5, 0.6) is 0 Å². The molecule has 0 bridgehead atoms. The molecular formula is C23H25Cl2N8O3-. The Kier molecular flexibility index (Phi) is 7.97. The van der Waals surface area contributed by atoms with E-state index < -0.39 is 6.04 Å². The minimum Gasteiger partial charge on any atom is -0.733 e. The lowest BCUT2D eigenvalue weighted by molar-refractivity contribution is -0.120. The summed E-state index contributed by atoms with van der Waals surface area (Å²) in [6.07, 6.45) is 1.43. The van der Waals surface area contributed by atoms with Gasteiger partial charge in [0.1, 0.15) is 11.6 Å². The van der Waals surface area contributed by atoms with Gasteiger partial charge in [0.05, 0.1) is 28.1 Å². The van der Waals surface area contributed by atoms with Crippen molar-refractivity contribution in [1.29, 1.82) is 0 Å². The van der Waals surface area contributed by atoms with Crippen LogP contribution in [0.25, 0.3) is 11.3 Å². The van der Waals surface area contributed by atoms with Gasteiger partial charge in [-0.05, 0) is 55.3 Å². The number of halogens is 2. The Hall–Kier alpha value is -3.35. The third kappa shape index (κ3) is 5.72. The van der Waals surface area contributed by atoms with E-state index in [4.69, 9.17) is 44.9 Å². The van der Waals surface area contributed by atoms with Crippen molar-refractivity contribution in [2.45, 2.75) is 18.9 Å². The van der Waals surface area contributed by atoms with Crippen LogP contribution < -0.4 is 32.2 Å². The van der Waals surface area contributed by atoms with Gasteiger partial charge in [-0.2, -0.15) is 0 Å². The third-order valence-corrected chi connectivity index (χ3v) is 6.22. The van der Waals surface area contributed by atoms with Crippen LogP contribution in [0.2, 0.25) is 10.0 Å².